The number of hydrogen-bond acceptors (Lipinski definition) is 4. The summed E-state index contributed by atoms with van der Waals surface area (Å²) < 4.78 is 54.7. The predicted octanol–water partition coefficient (Wildman–Crippen LogP) is 1.04. The SMILES string of the molecule is Cc1nn(C)cc1S(=O)(=O)NC1(C(=O)O)CCC(F)(F)CC1. The van der Waals surface area contributed by atoms with Crippen LogP contribution < -0.4 is 4.72 Å². The van der Waals surface area contributed by atoms with E-state index >= 15 is 0 Å². The molecular weight excluding hydrogens is 320 g/mol. The Morgan fingerprint density at radius 1 is 1.36 bits per heavy atom. The molecule has 1 saturated carbocycles. The summed E-state index contributed by atoms with van der Waals surface area (Å²) in [7, 11) is -2.64. The van der Waals surface area contributed by atoms with Crippen molar-refractivity contribution in [3.05, 3.63) is 11.9 Å². The number of carboxylic acids is 1. The molecule has 1 aromatic rings. The molecule has 1 aliphatic rings. The van der Waals surface area contributed by atoms with Crippen molar-refractivity contribution in [3.8, 4) is 0 Å². The molecule has 0 spiro atoms. The number of hydrogen-bond donors (Lipinski definition) is 2. The second-order valence-corrected chi connectivity index (χ2v) is 7.25. The van der Waals surface area contributed by atoms with E-state index in [2.05, 4.69) is 9.82 Å². The zero-order chi connectivity index (χ0) is 16.8. The molecule has 0 radical (unpaired) electrons. The van der Waals surface area contributed by atoms with Crippen molar-refractivity contribution in [2.45, 2.75) is 49.0 Å². The van der Waals surface area contributed by atoms with Crippen LogP contribution in [0.1, 0.15) is 31.4 Å². The Morgan fingerprint density at radius 2 is 1.91 bits per heavy atom. The van der Waals surface area contributed by atoms with Gasteiger partial charge in [0.2, 0.25) is 15.9 Å². The minimum absolute atomic E-state index is 0.159. The summed E-state index contributed by atoms with van der Waals surface area (Å²) in [5.74, 6) is -4.41. The molecule has 1 aliphatic carbocycles. The molecule has 1 fully saturated rings. The van der Waals surface area contributed by atoms with Gasteiger partial charge in [0.1, 0.15) is 10.4 Å². The van der Waals surface area contributed by atoms with E-state index in [1.54, 1.807) is 0 Å². The lowest BCUT2D eigenvalue weighted by atomic mass is 9.81. The van der Waals surface area contributed by atoms with Gasteiger partial charge in [-0.05, 0) is 19.8 Å². The maximum absolute atomic E-state index is 13.3. The number of aryl methyl sites for hydroxylation is 2. The van der Waals surface area contributed by atoms with Crippen molar-refractivity contribution in [3.63, 3.8) is 0 Å². The Labute approximate surface area is 126 Å². The van der Waals surface area contributed by atoms with Crippen LogP contribution in [0.4, 0.5) is 8.78 Å². The van der Waals surface area contributed by atoms with Crippen molar-refractivity contribution in [1.29, 1.82) is 0 Å². The van der Waals surface area contributed by atoms with E-state index in [1.807, 2.05) is 0 Å². The summed E-state index contributed by atoms with van der Waals surface area (Å²) in [4.78, 5) is 11.3. The van der Waals surface area contributed by atoms with Crippen molar-refractivity contribution in [2.75, 3.05) is 0 Å². The van der Waals surface area contributed by atoms with E-state index in [1.165, 1.54) is 24.9 Å². The molecule has 2 rings (SSSR count). The average Bonchev–Trinajstić information content (AvgIpc) is 2.72. The molecule has 10 heteroatoms. The third-order valence-electron chi connectivity index (χ3n) is 3.83. The third kappa shape index (κ3) is 3.12. The number of aromatic nitrogens is 2. The Kier molecular flexibility index (Phi) is 4.03. The van der Waals surface area contributed by atoms with Gasteiger partial charge in [-0.1, -0.05) is 0 Å². The first kappa shape index (κ1) is 16.8. The first-order valence-electron chi connectivity index (χ1n) is 6.63. The molecule has 124 valence electrons. The molecule has 0 amide bonds. The highest BCUT2D eigenvalue weighted by Gasteiger charge is 2.50. The minimum Gasteiger partial charge on any atom is -0.480 e. The molecule has 1 heterocycles. The molecule has 0 saturated heterocycles. The molecule has 0 unspecified atom stereocenters. The highest BCUT2D eigenvalue weighted by Crippen LogP contribution is 2.39. The standard InChI is InChI=1S/C12H17F2N3O4S/c1-8-9(7-17(2)15-8)22(20,21)16-11(10(18)19)3-5-12(13,14)6-4-11/h7,16H,3-6H2,1-2H3,(H,18,19). The van der Waals surface area contributed by atoms with Crippen LogP contribution in [0, 0.1) is 6.92 Å². The number of nitrogens with one attached hydrogen (secondary N) is 1. The topological polar surface area (TPSA) is 101 Å². The highest BCUT2D eigenvalue weighted by atomic mass is 32.2. The van der Waals surface area contributed by atoms with E-state index in [-0.39, 0.29) is 10.6 Å². The molecular formula is C12H17F2N3O4S. The van der Waals surface area contributed by atoms with Crippen molar-refractivity contribution >= 4 is 16.0 Å². The van der Waals surface area contributed by atoms with Crippen LogP contribution in [0.3, 0.4) is 0 Å². The van der Waals surface area contributed by atoms with Gasteiger partial charge >= 0.3 is 5.97 Å². The monoisotopic (exact) mass is 337 g/mol. The lowest BCUT2D eigenvalue weighted by Gasteiger charge is -2.36. The number of nitrogens with zero attached hydrogens (tertiary/aromatic N) is 2. The predicted molar refractivity (Wildman–Crippen MR) is 72.0 cm³/mol. The summed E-state index contributed by atoms with van der Waals surface area (Å²) in [6.45, 7) is 1.47. The lowest BCUT2D eigenvalue weighted by molar-refractivity contribution is -0.149. The fraction of sp³-hybridized carbons (Fsp3) is 0.667. The smallest absolute Gasteiger partial charge is 0.324 e. The Bertz CT molecular complexity index is 689. The van der Waals surface area contributed by atoms with Gasteiger partial charge in [0.25, 0.3) is 0 Å². The summed E-state index contributed by atoms with van der Waals surface area (Å²) in [5.41, 5.74) is -1.71. The summed E-state index contributed by atoms with van der Waals surface area (Å²) in [6.07, 6.45) is -1.03. The van der Waals surface area contributed by atoms with Crippen LogP contribution in [-0.2, 0) is 21.9 Å². The number of aliphatic carboxylic acids is 1. The number of carboxylic acid groups (broad SMARTS) is 1. The first-order valence-corrected chi connectivity index (χ1v) is 8.11. The fourth-order valence-electron chi connectivity index (χ4n) is 2.56. The molecule has 0 bridgehead atoms. The zero-order valence-electron chi connectivity index (χ0n) is 12.1. The van der Waals surface area contributed by atoms with Gasteiger partial charge in [-0.25, -0.2) is 17.2 Å². The maximum Gasteiger partial charge on any atom is 0.324 e. The van der Waals surface area contributed by atoms with Gasteiger partial charge < -0.3 is 5.11 Å². The van der Waals surface area contributed by atoms with Crippen LogP contribution >= 0.6 is 0 Å². The van der Waals surface area contributed by atoms with E-state index in [0.717, 1.165) is 0 Å². The van der Waals surface area contributed by atoms with Crippen LogP contribution in [0.2, 0.25) is 0 Å². The van der Waals surface area contributed by atoms with Gasteiger partial charge in [-0.15, -0.1) is 0 Å². The molecule has 0 atom stereocenters. The minimum atomic E-state index is -4.17. The molecule has 22 heavy (non-hydrogen) atoms. The third-order valence-corrected chi connectivity index (χ3v) is 5.47. The van der Waals surface area contributed by atoms with E-state index in [4.69, 9.17) is 0 Å². The van der Waals surface area contributed by atoms with Crippen molar-refractivity contribution < 1.29 is 27.1 Å². The first-order chi connectivity index (χ1) is 9.97. The molecule has 7 nitrogen and oxygen atoms in total. The molecule has 1 aromatic heterocycles. The maximum atomic E-state index is 13.3. The number of carbonyl (C=O) groups is 1. The van der Waals surface area contributed by atoms with Crippen molar-refractivity contribution in [2.24, 2.45) is 7.05 Å². The normalized spacial score (nSPS) is 20.7. The van der Waals surface area contributed by atoms with Crippen LogP contribution in [0.5, 0.6) is 0 Å². The lowest BCUT2D eigenvalue weighted by Crippen LogP contribution is -2.57. The summed E-state index contributed by atoms with van der Waals surface area (Å²) in [5, 5.41) is 13.2. The average molecular weight is 337 g/mol. The Balaban J connectivity index is 2.33. The van der Waals surface area contributed by atoms with Crippen LogP contribution in [-0.4, -0.2) is 40.7 Å². The van der Waals surface area contributed by atoms with Gasteiger partial charge in [0, 0.05) is 26.1 Å². The van der Waals surface area contributed by atoms with E-state index in [9.17, 15) is 27.1 Å². The summed E-state index contributed by atoms with van der Waals surface area (Å²) in [6, 6.07) is 0. The quantitative estimate of drug-likeness (QED) is 0.855. The van der Waals surface area contributed by atoms with E-state index < -0.39 is 53.1 Å². The van der Waals surface area contributed by atoms with Crippen molar-refractivity contribution in [1.82, 2.24) is 14.5 Å². The number of alkyl halides is 2. The number of rotatable bonds is 4. The van der Waals surface area contributed by atoms with Crippen LogP contribution in [0.25, 0.3) is 0 Å². The van der Waals surface area contributed by atoms with Gasteiger partial charge in [0.05, 0.1) is 5.69 Å². The second kappa shape index (κ2) is 5.27. The van der Waals surface area contributed by atoms with Crippen LogP contribution in [0.15, 0.2) is 11.1 Å². The molecule has 2 N–H and O–H groups in total. The fourth-order valence-corrected chi connectivity index (χ4v) is 4.19. The molecule has 0 aromatic carbocycles. The Hall–Kier alpha value is -1.55. The summed E-state index contributed by atoms with van der Waals surface area (Å²) >= 11 is 0. The second-order valence-electron chi connectivity index (χ2n) is 5.60. The largest absolute Gasteiger partial charge is 0.480 e. The highest BCUT2D eigenvalue weighted by molar-refractivity contribution is 7.89. The van der Waals surface area contributed by atoms with Gasteiger partial charge in [0.15, 0.2) is 0 Å². The Morgan fingerprint density at radius 3 is 2.32 bits per heavy atom. The zero-order valence-corrected chi connectivity index (χ0v) is 13.0. The van der Waals surface area contributed by atoms with Gasteiger partial charge in [-0.3, -0.25) is 9.48 Å². The number of sulfonamides is 1. The van der Waals surface area contributed by atoms with Gasteiger partial charge in [-0.2, -0.15) is 9.82 Å². The number of halogens is 2. The van der Waals surface area contributed by atoms with E-state index in [0.29, 0.717) is 0 Å². The molecule has 0 aliphatic heterocycles.